The third-order valence-electron chi connectivity index (χ3n) is 6.93. The number of nitrogens with one attached hydrogen (secondary N) is 1. The number of benzene rings is 1. The molecule has 0 saturated carbocycles. The van der Waals surface area contributed by atoms with Gasteiger partial charge in [0.1, 0.15) is 5.82 Å². The molecule has 1 N–H and O–H groups in total. The predicted octanol–water partition coefficient (Wildman–Crippen LogP) is 4.58. The van der Waals surface area contributed by atoms with E-state index in [1.54, 1.807) is 22.5 Å². The van der Waals surface area contributed by atoms with Gasteiger partial charge in [-0.15, -0.1) is 16.4 Å². The molecule has 3 aromatic heterocycles. The average Bonchev–Trinajstić information content (AvgIpc) is 3.50. The van der Waals surface area contributed by atoms with Crippen molar-refractivity contribution in [1.82, 2.24) is 29.9 Å². The summed E-state index contributed by atoms with van der Waals surface area (Å²) < 4.78 is 47.0. The highest BCUT2D eigenvalue weighted by Gasteiger charge is 2.37. The summed E-state index contributed by atoms with van der Waals surface area (Å²) in [5.74, 6) is 0.775. The van der Waals surface area contributed by atoms with Crippen LogP contribution in [0.4, 0.5) is 19.0 Å². The van der Waals surface area contributed by atoms with Crippen LogP contribution in [0.2, 0.25) is 5.02 Å². The van der Waals surface area contributed by atoms with Crippen LogP contribution in [0.5, 0.6) is 0 Å². The molecule has 2 aliphatic rings. The summed E-state index contributed by atoms with van der Waals surface area (Å²) in [7, 11) is -1.32. The lowest BCUT2D eigenvalue weighted by Crippen LogP contribution is -2.55. The van der Waals surface area contributed by atoms with E-state index in [0.717, 1.165) is 10.3 Å². The van der Waals surface area contributed by atoms with E-state index in [1.165, 1.54) is 22.0 Å². The van der Waals surface area contributed by atoms with E-state index in [4.69, 9.17) is 11.6 Å². The highest BCUT2D eigenvalue weighted by molar-refractivity contribution is 8.18. The van der Waals surface area contributed by atoms with Crippen LogP contribution in [0.1, 0.15) is 25.5 Å². The summed E-state index contributed by atoms with van der Waals surface area (Å²) in [5, 5.41) is 14.2. The average molecular weight is 584 g/mol. The highest BCUT2D eigenvalue weighted by Crippen LogP contribution is 2.55. The van der Waals surface area contributed by atoms with Gasteiger partial charge in [-0.05, 0) is 32.0 Å². The third-order valence-corrected chi connectivity index (χ3v) is 11.4. The number of thiol groups is 1. The lowest BCUT2D eigenvalue weighted by atomic mass is 10.1. The fourth-order valence-corrected chi connectivity index (χ4v) is 9.94. The zero-order valence-electron chi connectivity index (χ0n) is 20.5. The molecular weight excluding hydrogens is 559 g/mol. The minimum atomic E-state index is -4.57. The van der Waals surface area contributed by atoms with E-state index in [9.17, 15) is 18.0 Å². The van der Waals surface area contributed by atoms with Gasteiger partial charge in [0.2, 0.25) is 0 Å². The minimum Gasteiger partial charge on any atom is -0.353 e. The molecule has 4 atom stereocenters. The zero-order valence-corrected chi connectivity index (χ0v) is 23.0. The van der Waals surface area contributed by atoms with Crippen molar-refractivity contribution in [1.29, 1.82) is 0 Å². The minimum absolute atomic E-state index is 0.0843. The van der Waals surface area contributed by atoms with E-state index < -0.39 is 28.3 Å². The molecule has 0 spiro atoms. The summed E-state index contributed by atoms with van der Waals surface area (Å²) >= 11 is 7.70. The number of thiophene rings is 1. The molecule has 2 aliphatic heterocycles. The summed E-state index contributed by atoms with van der Waals surface area (Å²) in [6, 6.07) is 4.05. The molecular formula is C24H25ClF3N7OS2. The quantitative estimate of drug-likeness (QED) is 0.344. The van der Waals surface area contributed by atoms with E-state index in [0.29, 0.717) is 45.5 Å². The number of halogens is 4. The molecule has 38 heavy (non-hydrogen) atoms. The molecule has 14 heteroatoms. The van der Waals surface area contributed by atoms with Gasteiger partial charge in [-0.3, -0.25) is 4.57 Å². The first-order valence-corrected chi connectivity index (χ1v) is 14.9. The van der Waals surface area contributed by atoms with E-state index in [1.807, 2.05) is 24.8 Å². The van der Waals surface area contributed by atoms with Crippen LogP contribution in [0.15, 0.2) is 49.9 Å². The van der Waals surface area contributed by atoms with Crippen LogP contribution in [-0.4, -0.2) is 55.5 Å². The molecule has 202 valence electrons. The Morgan fingerprint density at radius 2 is 1.92 bits per heavy atom. The van der Waals surface area contributed by atoms with Crippen molar-refractivity contribution in [2.24, 2.45) is 0 Å². The summed E-state index contributed by atoms with van der Waals surface area (Å²) in [5.41, 5.74) is -0.734. The Bertz CT molecular complexity index is 1550. The van der Waals surface area contributed by atoms with Gasteiger partial charge < -0.3 is 10.2 Å². The van der Waals surface area contributed by atoms with Crippen molar-refractivity contribution in [3.63, 3.8) is 0 Å². The van der Waals surface area contributed by atoms with Crippen molar-refractivity contribution in [3.05, 3.63) is 57.0 Å². The SMILES string of the molecule is C[C@@H]1CN(c2nc(=O)n3c4c(cc(C(F)(F)F)cc24)[SH](c2cc(Cl)cs2)C[C@@H](n2ccnn2)C3)C[C@H](C)N1. The second kappa shape index (κ2) is 9.54. The smallest absolute Gasteiger partial charge is 0.353 e. The van der Waals surface area contributed by atoms with Crippen molar-refractivity contribution in [2.45, 2.75) is 53.8 Å². The number of nitrogens with zero attached hydrogens (tertiary/aromatic N) is 6. The van der Waals surface area contributed by atoms with Gasteiger partial charge in [-0.1, -0.05) is 16.8 Å². The number of aromatic nitrogens is 5. The fraction of sp³-hybridized carbons (Fsp3) is 0.417. The number of alkyl halides is 3. The van der Waals surface area contributed by atoms with Crippen molar-refractivity contribution in [2.75, 3.05) is 23.7 Å². The first kappa shape index (κ1) is 25.7. The van der Waals surface area contributed by atoms with E-state index >= 15 is 0 Å². The van der Waals surface area contributed by atoms with Gasteiger partial charge in [0, 0.05) is 57.0 Å². The molecule has 6 rings (SSSR count). The van der Waals surface area contributed by atoms with Crippen LogP contribution in [0, 0.1) is 0 Å². The number of rotatable bonds is 3. The highest BCUT2D eigenvalue weighted by atomic mass is 35.5. The first-order valence-electron chi connectivity index (χ1n) is 12.1. The maximum atomic E-state index is 14.3. The van der Waals surface area contributed by atoms with Crippen LogP contribution in [0.3, 0.4) is 0 Å². The Morgan fingerprint density at radius 1 is 1.16 bits per heavy atom. The Hall–Kier alpha value is -2.61. The molecule has 5 heterocycles. The second-order valence-electron chi connectivity index (χ2n) is 9.84. The number of hydrogen-bond donors (Lipinski definition) is 2. The van der Waals surface area contributed by atoms with Gasteiger partial charge in [0.05, 0.1) is 34.9 Å². The Labute approximate surface area is 227 Å². The number of anilines is 1. The zero-order chi connectivity index (χ0) is 26.8. The monoisotopic (exact) mass is 583 g/mol. The topological polar surface area (TPSA) is 80.9 Å². The van der Waals surface area contributed by atoms with Gasteiger partial charge in [-0.25, -0.2) is 9.48 Å². The second-order valence-corrected chi connectivity index (χ2v) is 13.7. The lowest BCUT2D eigenvalue weighted by molar-refractivity contribution is -0.137. The standard InChI is InChI=1S/C24H25ClF3N7OS2/c1-13-8-33(9-14(2)30-13)22-18-5-15(24(26,27)28)6-19-21(18)34(23(36)31-22)10-17(35-4-3-29-32-35)12-38(19)20-7-16(25)11-37-20/h3-7,11,13-14,17,30,38H,8-10,12H2,1-2H3/t13-,14+,17-/m0/s1. The summed E-state index contributed by atoms with van der Waals surface area (Å²) in [4.78, 5) is 20.4. The normalized spacial score (nSPS) is 25.1. The molecule has 0 aliphatic carbocycles. The molecule has 0 amide bonds. The van der Waals surface area contributed by atoms with Gasteiger partial charge in [0.15, 0.2) is 0 Å². The van der Waals surface area contributed by atoms with Crippen molar-refractivity contribution >= 4 is 50.6 Å². The van der Waals surface area contributed by atoms with Gasteiger partial charge >= 0.3 is 11.9 Å². The molecule has 8 nitrogen and oxygen atoms in total. The largest absolute Gasteiger partial charge is 0.416 e. The molecule has 4 aromatic rings. The van der Waals surface area contributed by atoms with Gasteiger partial charge in [-0.2, -0.15) is 29.1 Å². The number of hydrogen-bond acceptors (Lipinski definition) is 7. The van der Waals surface area contributed by atoms with Crippen LogP contribution >= 0.6 is 33.8 Å². The lowest BCUT2D eigenvalue weighted by Gasteiger charge is -2.37. The van der Waals surface area contributed by atoms with Crippen LogP contribution in [-0.2, 0) is 12.7 Å². The predicted molar refractivity (Wildman–Crippen MR) is 144 cm³/mol. The Morgan fingerprint density at radius 3 is 2.55 bits per heavy atom. The fourth-order valence-electron chi connectivity index (χ4n) is 5.47. The van der Waals surface area contributed by atoms with Gasteiger partial charge in [0.25, 0.3) is 0 Å². The molecule has 0 bridgehead atoms. The summed E-state index contributed by atoms with van der Waals surface area (Å²) in [6.45, 7) is 5.29. The Kier molecular flexibility index (Phi) is 6.44. The summed E-state index contributed by atoms with van der Waals surface area (Å²) in [6.07, 6.45) is -1.31. The molecule has 1 fully saturated rings. The van der Waals surface area contributed by atoms with Crippen LogP contribution in [0.25, 0.3) is 10.9 Å². The first-order chi connectivity index (χ1) is 18.1. The molecule has 0 radical (unpaired) electrons. The molecule has 1 unspecified atom stereocenters. The molecule has 1 saturated heterocycles. The van der Waals surface area contributed by atoms with E-state index in [2.05, 4.69) is 20.6 Å². The van der Waals surface area contributed by atoms with Crippen LogP contribution < -0.4 is 15.9 Å². The van der Waals surface area contributed by atoms with Crippen molar-refractivity contribution < 1.29 is 13.2 Å². The third kappa shape index (κ3) is 4.59. The maximum Gasteiger partial charge on any atom is 0.416 e. The number of piperazine rings is 1. The maximum absolute atomic E-state index is 14.3. The van der Waals surface area contributed by atoms with Crippen molar-refractivity contribution in [3.8, 4) is 0 Å². The Balaban J connectivity index is 1.66. The van der Waals surface area contributed by atoms with E-state index in [-0.39, 0.29) is 24.7 Å². The molecule has 1 aromatic carbocycles.